The van der Waals surface area contributed by atoms with Crippen LogP contribution in [0.25, 0.3) is 0 Å². The topological polar surface area (TPSA) is 77.7 Å². The number of carbonyl (C=O) groups excluding carboxylic acids is 1. The summed E-state index contributed by atoms with van der Waals surface area (Å²) in [4.78, 5) is 12.2. The zero-order chi connectivity index (χ0) is 19.5. The number of nitrogens with one attached hydrogen (secondary N) is 1. The maximum absolute atomic E-state index is 12.2. The van der Waals surface area contributed by atoms with E-state index in [-0.39, 0.29) is 12.5 Å². The third kappa shape index (κ3) is 4.11. The molecular formula is C19H14Cl2N4O3. The molecule has 0 unspecified atom stereocenters. The highest BCUT2D eigenvalue weighted by atomic mass is 35.5. The zero-order valence-corrected chi connectivity index (χ0v) is 15.9. The van der Waals surface area contributed by atoms with Crippen molar-refractivity contribution in [3.63, 3.8) is 0 Å². The molecular weight excluding hydrogens is 403 g/mol. The Hall–Kier alpha value is -3.03. The lowest BCUT2D eigenvalue weighted by atomic mass is 10.2. The van der Waals surface area contributed by atoms with Gasteiger partial charge in [0.2, 0.25) is 6.79 Å². The largest absolute Gasteiger partial charge is 0.454 e. The van der Waals surface area contributed by atoms with Gasteiger partial charge in [-0.3, -0.25) is 9.48 Å². The number of hydrogen-bond donors (Lipinski definition) is 1. The first-order valence-electron chi connectivity index (χ1n) is 8.29. The molecule has 1 aliphatic heterocycles. The van der Waals surface area contributed by atoms with Crippen molar-refractivity contribution in [3.05, 3.63) is 75.5 Å². The molecule has 0 fully saturated rings. The lowest BCUT2D eigenvalue weighted by molar-refractivity contribution is 0.0949. The van der Waals surface area contributed by atoms with Crippen LogP contribution in [0, 0.1) is 0 Å². The van der Waals surface area contributed by atoms with Crippen molar-refractivity contribution in [3.8, 4) is 11.5 Å². The Labute approximate surface area is 170 Å². The molecule has 2 heterocycles. The molecule has 1 amide bonds. The fourth-order valence-electron chi connectivity index (χ4n) is 2.61. The lowest BCUT2D eigenvalue weighted by Crippen LogP contribution is -2.18. The molecule has 0 atom stereocenters. The number of halogens is 2. The molecule has 142 valence electrons. The summed E-state index contributed by atoms with van der Waals surface area (Å²) in [5.41, 5.74) is 4.31. The average Bonchev–Trinajstić information content (AvgIpc) is 3.33. The number of benzene rings is 2. The highest BCUT2D eigenvalue weighted by molar-refractivity contribution is 6.35. The van der Waals surface area contributed by atoms with Crippen LogP contribution in [0.3, 0.4) is 0 Å². The molecule has 0 saturated carbocycles. The first-order valence-corrected chi connectivity index (χ1v) is 9.04. The smallest absolute Gasteiger partial charge is 0.291 e. The predicted molar refractivity (Wildman–Crippen MR) is 105 cm³/mol. The summed E-state index contributed by atoms with van der Waals surface area (Å²) in [6.45, 7) is 0.625. The summed E-state index contributed by atoms with van der Waals surface area (Å²) >= 11 is 12.1. The highest BCUT2D eigenvalue weighted by Crippen LogP contribution is 2.31. The molecule has 1 aromatic heterocycles. The van der Waals surface area contributed by atoms with Crippen molar-refractivity contribution < 1.29 is 14.3 Å². The first-order chi connectivity index (χ1) is 13.6. The normalized spacial score (nSPS) is 12.5. The number of fused-ring (bicyclic) bond motifs is 1. The molecule has 28 heavy (non-hydrogen) atoms. The summed E-state index contributed by atoms with van der Waals surface area (Å²) in [6, 6.07) is 12.2. The Morgan fingerprint density at radius 3 is 2.89 bits per heavy atom. The molecule has 0 spiro atoms. The summed E-state index contributed by atoms with van der Waals surface area (Å²) in [6.07, 6.45) is 3.21. The minimum atomic E-state index is -0.419. The predicted octanol–water partition coefficient (Wildman–Crippen LogP) is 3.73. The maximum atomic E-state index is 12.2. The molecule has 4 rings (SSSR count). The van der Waals surface area contributed by atoms with Crippen LogP contribution in [0.15, 0.2) is 53.8 Å². The monoisotopic (exact) mass is 416 g/mol. The van der Waals surface area contributed by atoms with Gasteiger partial charge >= 0.3 is 0 Å². The van der Waals surface area contributed by atoms with Gasteiger partial charge in [0.15, 0.2) is 17.2 Å². The Kier molecular flexibility index (Phi) is 5.18. The van der Waals surface area contributed by atoms with Gasteiger partial charge in [0.25, 0.3) is 5.91 Å². The standard InChI is InChI=1S/C19H14Cl2N4O3/c20-14-3-2-13(15(21)8-14)10-25-6-5-16(24-25)19(26)23-22-9-12-1-4-17-18(7-12)28-11-27-17/h1-9H,10-11H2,(H,23,26)/b22-9+. The van der Waals surface area contributed by atoms with Gasteiger partial charge in [-0.25, -0.2) is 5.43 Å². The van der Waals surface area contributed by atoms with E-state index in [4.69, 9.17) is 32.7 Å². The molecule has 0 aliphatic carbocycles. The fraction of sp³-hybridized carbons (Fsp3) is 0.105. The quantitative estimate of drug-likeness (QED) is 0.507. The third-order valence-corrected chi connectivity index (χ3v) is 4.58. The second-order valence-corrected chi connectivity index (χ2v) is 6.79. The van der Waals surface area contributed by atoms with E-state index in [9.17, 15) is 4.79 Å². The van der Waals surface area contributed by atoms with Crippen molar-refractivity contribution in [2.24, 2.45) is 5.10 Å². The minimum absolute atomic E-state index is 0.205. The van der Waals surface area contributed by atoms with Crippen molar-refractivity contribution in [1.29, 1.82) is 0 Å². The zero-order valence-electron chi connectivity index (χ0n) is 14.4. The van der Waals surface area contributed by atoms with Crippen molar-refractivity contribution in [2.75, 3.05) is 6.79 Å². The van der Waals surface area contributed by atoms with Gasteiger partial charge < -0.3 is 9.47 Å². The van der Waals surface area contributed by atoms with Crippen LogP contribution in [0.5, 0.6) is 11.5 Å². The van der Waals surface area contributed by atoms with Crippen molar-refractivity contribution >= 4 is 35.3 Å². The van der Waals surface area contributed by atoms with E-state index >= 15 is 0 Å². The second kappa shape index (κ2) is 7.92. The number of nitrogens with zero attached hydrogens (tertiary/aromatic N) is 3. The van der Waals surface area contributed by atoms with Crippen LogP contribution in [-0.4, -0.2) is 28.7 Å². The molecule has 0 saturated heterocycles. The molecule has 3 aromatic rings. The minimum Gasteiger partial charge on any atom is -0.454 e. The van der Waals surface area contributed by atoms with Gasteiger partial charge in [0.1, 0.15) is 0 Å². The summed E-state index contributed by atoms with van der Waals surface area (Å²) in [5.74, 6) is 0.917. The van der Waals surface area contributed by atoms with Gasteiger partial charge in [0, 0.05) is 16.2 Å². The van der Waals surface area contributed by atoms with Crippen LogP contribution in [-0.2, 0) is 6.54 Å². The van der Waals surface area contributed by atoms with E-state index < -0.39 is 5.91 Å². The van der Waals surface area contributed by atoms with Crippen LogP contribution >= 0.6 is 23.2 Å². The first kappa shape index (κ1) is 18.3. The Balaban J connectivity index is 1.37. The number of carbonyl (C=O) groups is 1. The molecule has 0 bridgehead atoms. The summed E-state index contributed by atoms with van der Waals surface area (Å²) in [5, 5.41) is 9.31. The highest BCUT2D eigenvalue weighted by Gasteiger charge is 2.13. The lowest BCUT2D eigenvalue weighted by Gasteiger charge is -2.05. The summed E-state index contributed by atoms with van der Waals surface area (Å²) in [7, 11) is 0. The Morgan fingerprint density at radius 1 is 1.18 bits per heavy atom. The van der Waals surface area contributed by atoms with E-state index in [2.05, 4.69) is 15.6 Å². The van der Waals surface area contributed by atoms with Gasteiger partial charge in [-0.05, 0) is 47.5 Å². The average molecular weight is 417 g/mol. The van der Waals surface area contributed by atoms with Gasteiger partial charge in [0.05, 0.1) is 12.8 Å². The Bertz CT molecular complexity index is 1070. The number of ether oxygens (including phenoxy) is 2. The number of rotatable bonds is 5. The molecule has 9 heteroatoms. The maximum Gasteiger partial charge on any atom is 0.291 e. The van der Waals surface area contributed by atoms with E-state index in [0.29, 0.717) is 28.1 Å². The van der Waals surface area contributed by atoms with Crippen LogP contribution in [0.1, 0.15) is 21.6 Å². The van der Waals surface area contributed by atoms with Crippen molar-refractivity contribution in [2.45, 2.75) is 6.54 Å². The molecule has 0 radical (unpaired) electrons. The Morgan fingerprint density at radius 2 is 2.04 bits per heavy atom. The second-order valence-electron chi connectivity index (χ2n) is 5.95. The van der Waals surface area contributed by atoms with Crippen LogP contribution in [0.2, 0.25) is 10.0 Å². The SMILES string of the molecule is O=C(N/N=C/c1ccc2c(c1)OCO2)c1ccn(Cc2ccc(Cl)cc2Cl)n1. The number of aromatic nitrogens is 2. The van der Waals surface area contributed by atoms with Gasteiger partial charge in [-0.2, -0.15) is 10.2 Å². The van der Waals surface area contributed by atoms with Crippen LogP contribution < -0.4 is 14.9 Å². The van der Waals surface area contributed by atoms with Gasteiger partial charge in [-0.15, -0.1) is 0 Å². The molecule has 1 aliphatic rings. The van der Waals surface area contributed by atoms with Gasteiger partial charge in [-0.1, -0.05) is 29.3 Å². The third-order valence-electron chi connectivity index (χ3n) is 4.00. The molecule has 2 aromatic carbocycles. The molecule has 1 N–H and O–H groups in total. The van der Waals surface area contributed by atoms with Crippen LogP contribution in [0.4, 0.5) is 0 Å². The van der Waals surface area contributed by atoms with E-state index in [1.807, 2.05) is 12.1 Å². The fourth-order valence-corrected chi connectivity index (χ4v) is 3.08. The number of hydrogen-bond acceptors (Lipinski definition) is 5. The van der Waals surface area contributed by atoms with E-state index in [1.54, 1.807) is 41.2 Å². The number of amides is 1. The molecule has 7 nitrogen and oxygen atoms in total. The van der Waals surface area contributed by atoms with E-state index in [1.165, 1.54) is 6.21 Å². The summed E-state index contributed by atoms with van der Waals surface area (Å²) < 4.78 is 12.2. The number of hydrazone groups is 1. The van der Waals surface area contributed by atoms with Crippen molar-refractivity contribution in [1.82, 2.24) is 15.2 Å². The van der Waals surface area contributed by atoms with E-state index in [0.717, 1.165) is 11.1 Å².